The zero-order valence-corrected chi connectivity index (χ0v) is 9.86. The van der Waals surface area contributed by atoms with Gasteiger partial charge in [-0.05, 0) is 6.92 Å². The third-order valence-corrected chi connectivity index (χ3v) is 2.98. The van der Waals surface area contributed by atoms with Crippen molar-refractivity contribution in [2.75, 3.05) is 5.73 Å². The Bertz CT molecular complexity index is 606. The molecule has 0 bridgehead atoms. The summed E-state index contributed by atoms with van der Waals surface area (Å²) in [4.78, 5) is 16.0. The van der Waals surface area contributed by atoms with E-state index in [9.17, 15) is 4.79 Å². The van der Waals surface area contributed by atoms with Crippen LogP contribution in [0.5, 0.6) is 0 Å². The first-order valence-electron chi connectivity index (χ1n) is 4.79. The van der Waals surface area contributed by atoms with Crippen molar-refractivity contribution in [1.29, 1.82) is 5.26 Å². The molecule has 86 valence electrons. The molecule has 0 saturated carbocycles. The maximum absolute atomic E-state index is 11.8. The topological polar surface area (TPSA) is 97.6 Å². The standard InChI is InChI=1S/C10H9N5OS/c1-6-14-8(5-17-6)2-9(16)15-10(12)7(3-11)4-13-15/h4-5H,2,12H2,1H3. The van der Waals surface area contributed by atoms with E-state index < -0.39 is 0 Å². The number of aryl methyl sites for hydroxylation is 1. The average Bonchev–Trinajstić information content (AvgIpc) is 2.85. The Balaban J connectivity index is 2.21. The summed E-state index contributed by atoms with van der Waals surface area (Å²) in [5.74, 6) is -0.223. The minimum absolute atomic E-state index is 0.0736. The summed E-state index contributed by atoms with van der Waals surface area (Å²) in [5, 5.41) is 15.2. The molecule has 0 aliphatic carbocycles. The van der Waals surface area contributed by atoms with Gasteiger partial charge in [-0.1, -0.05) is 0 Å². The fourth-order valence-corrected chi connectivity index (χ4v) is 1.97. The lowest BCUT2D eigenvalue weighted by molar-refractivity contribution is 0.0900. The van der Waals surface area contributed by atoms with E-state index in [0.717, 1.165) is 9.69 Å². The highest BCUT2D eigenvalue weighted by atomic mass is 32.1. The second kappa shape index (κ2) is 4.35. The number of carbonyl (C=O) groups excluding carboxylic acids is 1. The fourth-order valence-electron chi connectivity index (χ4n) is 1.36. The number of hydrogen-bond donors (Lipinski definition) is 1. The highest BCUT2D eigenvalue weighted by Crippen LogP contribution is 2.12. The first kappa shape index (κ1) is 11.3. The Hall–Kier alpha value is -2.20. The smallest absolute Gasteiger partial charge is 0.254 e. The molecule has 2 aromatic rings. The summed E-state index contributed by atoms with van der Waals surface area (Å²) in [5.41, 5.74) is 6.50. The van der Waals surface area contributed by atoms with Gasteiger partial charge in [-0.25, -0.2) is 4.98 Å². The number of nitriles is 1. The molecule has 0 unspecified atom stereocenters. The number of aromatic nitrogens is 3. The van der Waals surface area contributed by atoms with E-state index in [2.05, 4.69) is 10.1 Å². The van der Waals surface area contributed by atoms with Crippen LogP contribution in [0, 0.1) is 18.3 Å². The first-order chi connectivity index (χ1) is 8.11. The Morgan fingerprint density at radius 1 is 1.71 bits per heavy atom. The normalized spacial score (nSPS) is 10.1. The zero-order valence-electron chi connectivity index (χ0n) is 9.04. The lowest BCUT2D eigenvalue weighted by atomic mass is 10.3. The Labute approximate surface area is 101 Å². The number of hydrogen-bond acceptors (Lipinski definition) is 6. The lowest BCUT2D eigenvalue weighted by Crippen LogP contribution is -2.17. The van der Waals surface area contributed by atoms with Gasteiger partial charge in [-0.2, -0.15) is 15.0 Å². The molecule has 2 aromatic heterocycles. The molecule has 2 rings (SSSR count). The largest absolute Gasteiger partial charge is 0.382 e. The molecule has 17 heavy (non-hydrogen) atoms. The predicted molar refractivity (Wildman–Crippen MR) is 62.5 cm³/mol. The van der Waals surface area contributed by atoms with Crippen LogP contribution < -0.4 is 5.73 Å². The van der Waals surface area contributed by atoms with Gasteiger partial charge < -0.3 is 5.73 Å². The van der Waals surface area contributed by atoms with E-state index in [4.69, 9.17) is 11.0 Å². The molecule has 0 saturated heterocycles. The monoisotopic (exact) mass is 247 g/mol. The molecule has 2 N–H and O–H groups in total. The van der Waals surface area contributed by atoms with E-state index in [1.807, 2.05) is 18.4 Å². The van der Waals surface area contributed by atoms with Gasteiger partial charge in [-0.15, -0.1) is 11.3 Å². The van der Waals surface area contributed by atoms with Crippen molar-refractivity contribution in [2.24, 2.45) is 0 Å². The number of nitrogen functional groups attached to an aromatic ring is 1. The quantitative estimate of drug-likeness (QED) is 0.853. The van der Waals surface area contributed by atoms with Crippen molar-refractivity contribution < 1.29 is 4.79 Å². The maximum Gasteiger partial charge on any atom is 0.254 e. The second-order valence-corrected chi connectivity index (χ2v) is 4.46. The summed E-state index contributed by atoms with van der Waals surface area (Å²) >= 11 is 1.48. The van der Waals surface area contributed by atoms with Crippen LogP contribution in [-0.4, -0.2) is 20.7 Å². The minimum Gasteiger partial charge on any atom is -0.382 e. The van der Waals surface area contributed by atoms with Crippen molar-refractivity contribution in [3.8, 4) is 6.07 Å². The predicted octanol–water partition coefficient (Wildman–Crippen LogP) is 0.985. The molecule has 6 nitrogen and oxygen atoms in total. The molecule has 0 aromatic carbocycles. The highest BCUT2D eigenvalue weighted by molar-refractivity contribution is 7.09. The van der Waals surface area contributed by atoms with Crippen LogP contribution in [0.4, 0.5) is 5.82 Å². The molecule has 0 radical (unpaired) electrons. The summed E-state index contributed by atoms with van der Waals surface area (Å²) < 4.78 is 1.03. The number of anilines is 1. The van der Waals surface area contributed by atoms with Crippen LogP contribution in [0.1, 0.15) is 21.1 Å². The molecule has 0 aliphatic heterocycles. The maximum atomic E-state index is 11.8. The molecular weight excluding hydrogens is 238 g/mol. The number of nitrogens with zero attached hydrogens (tertiary/aromatic N) is 4. The van der Waals surface area contributed by atoms with Crippen LogP contribution in [-0.2, 0) is 6.42 Å². The highest BCUT2D eigenvalue weighted by Gasteiger charge is 2.15. The van der Waals surface area contributed by atoms with Gasteiger partial charge in [0, 0.05) is 5.38 Å². The molecule has 0 spiro atoms. The van der Waals surface area contributed by atoms with Crippen molar-refractivity contribution in [3.63, 3.8) is 0 Å². The van der Waals surface area contributed by atoms with Gasteiger partial charge in [0.1, 0.15) is 17.5 Å². The molecule has 7 heteroatoms. The van der Waals surface area contributed by atoms with E-state index in [1.165, 1.54) is 17.5 Å². The minimum atomic E-state index is -0.297. The van der Waals surface area contributed by atoms with Crippen molar-refractivity contribution in [2.45, 2.75) is 13.3 Å². The molecule has 2 heterocycles. The molecule has 0 fully saturated rings. The van der Waals surface area contributed by atoms with E-state index in [1.54, 1.807) is 0 Å². The van der Waals surface area contributed by atoms with Gasteiger partial charge in [0.15, 0.2) is 0 Å². The fraction of sp³-hybridized carbons (Fsp3) is 0.200. The molecular formula is C10H9N5OS. The first-order valence-corrected chi connectivity index (χ1v) is 5.67. The third-order valence-electron chi connectivity index (χ3n) is 2.16. The van der Waals surface area contributed by atoms with Crippen molar-refractivity contribution >= 4 is 23.1 Å². The number of rotatable bonds is 2. The SMILES string of the molecule is Cc1nc(CC(=O)n2ncc(C#N)c2N)cs1. The molecule has 0 aliphatic rings. The van der Waals surface area contributed by atoms with Gasteiger partial charge in [0.2, 0.25) is 0 Å². The van der Waals surface area contributed by atoms with E-state index in [-0.39, 0.29) is 23.7 Å². The van der Waals surface area contributed by atoms with Gasteiger partial charge in [0.25, 0.3) is 5.91 Å². The van der Waals surface area contributed by atoms with Crippen LogP contribution >= 0.6 is 11.3 Å². The van der Waals surface area contributed by atoms with Crippen LogP contribution in [0.25, 0.3) is 0 Å². The lowest BCUT2D eigenvalue weighted by Gasteiger charge is -2.00. The van der Waals surface area contributed by atoms with E-state index in [0.29, 0.717) is 5.69 Å². The van der Waals surface area contributed by atoms with Gasteiger partial charge >= 0.3 is 0 Å². The number of thiazole rings is 1. The van der Waals surface area contributed by atoms with Crippen molar-refractivity contribution in [1.82, 2.24) is 14.8 Å². The second-order valence-electron chi connectivity index (χ2n) is 3.40. The van der Waals surface area contributed by atoms with Gasteiger partial charge in [-0.3, -0.25) is 4.79 Å². The summed E-state index contributed by atoms with van der Waals surface area (Å²) in [7, 11) is 0. The van der Waals surface area contributed by atoms with E-state index >= 15 is 0 Å². The summed E-state index contributed by atoms with van der Waals surface area (Å²) in [6.07, 6.45) is 1.40. The number of nitrogens with two attached hydrogens (primary N) is 1. The summed E-state index contributed by atoms with van der Waals surface area (Å²) in [6.45, 7) is 1.87. The van der Waals surface area contributed by atoms with Crippen LogP contribution in [0.3, 0.4) is 0 Å². The van der Waals surface area contributed by atoms with Crippen LogP contribution in [0.2, 0.25) is 0 Å². The van der Waals surface area contributed by atoms with Gasteiger partial charge in [0.05, 0.1) is 23.3 Å². The Morgan fingerprint density at radius 3 is 3.00 bits per heavy atom. The Kier molecular flexibility index (Phi) is 2.89. The Morgan fingerprint density at radius 2 is 2.47 bits per heavy atom. The third kappa shape index (κ3) is 2.16. The van der Waals surface area contributed by atoms with Crippen molar-refractivity contribution in [3.05, 3.63) is 27.8 Å². The number of carbonyl (C=O) groups is 1. The molecule has 0 atom stereocenters. The van der Waals surface area contributed by atoms with Crippen LogP contribution in [0.15, 0.2) is 11.6 Å². The zero-order chi connectivity index (χ0) is 12.4. The average molecular weight is 247 g/mol. The summed E-state index contributed by atoms with van der Waals surface area (Å²) in [6, 6.07) is 1.86. The molecule has 0 amide bonds.